The number of nitrogens with one attached hydrogen (secondary N) is 1. The zero-order valence-corrected chi connectivity index (χ0v) is 27.1. The molecule has 0 spiro atoms. The van der Waals surface area contributed by atoms with Crippen LogP contribution in [0.4, 0.5) is 0 Å². The number of pyridine rings is 1. The molecular weight excluding hydrogens is 614 g/mol. The van der Waals surface area contributed by atoms with Gasteiger partial charge in [0.1, 0.15) is 21.5 Å². The molecule has 238 valence electrons. The standard InChI is InChI=1S/C34H38ClN3O6S/c1-22-30(43-2)17-27(18-31(22)44-3)34(40)28(16-24-14-25-6-4-5-7-26(25)15-24)21-38-13-12-23(20-38)8-11-33(39)37-45(41,42)29-9-10-32(35)36-19-29/h4-7,9-10,12-13,17-20,24,28,34,40H,8,11,14-16,21H2,1-3H3,(H,37,39)/t28-,34+/m0/s1. The van der Waals surface area contributed by atoms with E-state index in [2.05, 4.69) is 34.0 Å². The second-order valence-electron chi connectivity index (χ2n) is 11.6. The lowest BCUT2D eigenvalue weighted by Gasteiger charge is -2.27. The number of hydrogen-bond acceptors (Lipinski definition) is 7. The van der Waals surface area contributed by atoms with Gasteiger partial charge in [-0.3, -0.25) is 4.79 Å². The molecule has 1 amide bonds. The van der Waals surface area contributed by atoms with Gasteiger partial charge in [0.05, 0.1) is 20.3 Å². The average molecular weight is 652 g/mol. The van der Waals surface area contributed by atoms with Crippen LogP contribution in [0.2, 0.25) is 5.15 Å². The lowest BCUT2D eigenvalue weighted by Crippen LogP contribution is -2.30. The van der Waals surface area contributed by atoms with Crippen LogP contribution in [0.15, 0.2) is 78.1 Å². The molecule has 0 bridgehead atoms. The first-order valence-electron chi connectivity index (χ1n) is 14.9. The quantitative estimate of drug-likeness (QED) is 0.184. The summed E-state index contributed by atoms with van der Waals surface area (Å²) in [4.78, 5) is 16.2. The van der Waals surface area contributed by atoms with Crippen molar-refractivity contribution >= 4 is 27.5 Å². The maximum Gasteiger partial charge on any atom is 0.265 e. The Morgan fingerprint density at radius 1 is 1.09 bits per heavy atom. The number of aliphatic hydroxyl groups excluding tert-OH is 1. The molecule has 0 unspecified atom stereocenters. The third-order valence-electron chi connectivity index (χ3n) is 8.49. The summed E-state index contributed by atoms with van der Waals surface area (Å²) in [7, 11) is -0.827. The Hall–Kier alpha value is -3.86. The number of ether oxygens (including phenoxy) is 2. The second-order valence-corrected chi connectivity index (χ2v) is 13.7. The van der Waals surface area contributed by atoms with E-state index in [1.165, 1.54) is 23.3 Å². The summed E-state index contributed by atoms with van der Waals surface area (Å²) in [5.41, 5.74) is 5.22. The zero-order chi connectivity index (χ0) is 32.1. The fraction of sp³-hybridized carbons (Fsp3) is 0.353. The van der Waals surface area contributed by atoms with Gasteiger partial charge < -0.3 is 19.1 Å². The fourth-order valence-electron chi connectivity index (χ4n) is 6.16. The van der Waals surface area contributed by atoms with Crippen molar-refractivity contribution in [3.05, 3.63) is 106 Å². The van der Waals surface area contributed by atoms with Crippen LogP contribution in [0.25, 0.3) is 0 Å². The van der Waals surface area contributed by atoms with E-state index in [4.69, 9.17) is 21.1 Å². The van der Waals surface area contributed by atoms with Crippen molar-refractivity contribution in [3.63, 3.8) is 0 Å². The molecule has 0 saturated heterocycles. The van der Waals surface area contributed by atoms with Gasteiger partial charge in [-0.25, -0.2) is 18.1 Å². The van der Waals surface area contributed by atoms with E-state index in [1.54, 1.807) is 14.2 Å². The fourth-order valence-corrected chi connectivity index (χ4v) is 7.23. The number of halogens is 1. The van der Waals surface area contributed by atoms with Crippen LogP contribution in [0.1, 0.15) is 46.8 Å². The lowest BCUT2D eigenvalue weighted by molar-refractivity contribution is -0.119. The van der Waals surface area contributed by atoms with Crippen molar-refractivity contribution < 1.29 is 27.8 Å². The summed E-state index contributed by atoms with van der Waals surface area (Å²) < 4.78 is 40.4. The first-order chi connectivity index (χ1) is 21.6. The molecule has 0 radical (unpaired) electrons. The number of benzene rings is 2. The Morgan fingerprint density at radius 2 is 1.76 bits per heavy atom. The minimum Gasteiger partial charge on any atom is -0.496 e. The van der Waals surface area contributed by atoms with Crippen LogP contribution in [-0.2, 0) is 40.6 Å². The number of aliphatic hydroxyl groups is 1. The van der Waals surface area contributed by atoms with E-state index in [1.807, 2.05) is 42.1 Å². The van der Waals surface area contributed by atoms with Crippen molar-refractivity contribution in [2.24, 2.45) is 11.8 Å². The minimum atomic E-state index is -4.04. The van der Waals surface area contributed by atoms with Crippen molar-refractivity contribution in [1.29, 1.82) is 0 Å². The molecule has 2 N–H and O–H groups in total. The number of amides is 1. The van der Waals surface area contributed by atoms with Gasteiger partial charge in [0.15, 0.2) is 0 Å². The Labute approximate surface area is 269 Å². The van der Waals surface area contributed by atoms with Crippen molar-refractivity contribution in [3.8, 4) is 11.5 Å². The van der Waals surface area contributed by atoms with Gasteiger partial charge in [-0.05, 0) is 91.1 Å². The van der Waals surface area contributed by atoms with E-state index < -0.39 is 22.0 Å². The van der Waals surface area contributed by atoms with Crippen molar-refractivity contribution in [1.82, 2.24) is 14.3 Å². The van der Waals surface area contributed by atoms with Gasteiger partial charge in [0.25, 0.3) is 10.0 Å². The summed E-state index contributed by atoms with van der Waals surface area (Å²) in [6.45, 7) is 2.48. The van der Waals surface area contributed by atoms with E-state index in [0.29, 0.717) is 30.4 Å². The third-order valence-corrected chi connectivity index (χ3v) is 10.1. The van der Waals surface area contributed by atoms with Gasteiger partial charge >= 0.3 is 0 Å². The monoisotopic (exact) mass is 651 g/mol. The lowest BCUT2D eigenvalue weighted by atomic mass is 9.85. The number of aryl methyl sites for hydroxylation is 1. The molecule has 2 aromatic carbocycles. The molecule has 9 nitrogen and oxygen atoms in total. The molecule has 11 heteroatoms. The number of sulfonamides is 1. The van der Waals surface area contributed by atoms with Gasteiger partial charge in [-0.2, -0.15) is 0 Å². The summed E-state index contributed by atoms with van der Waals surface area (Å²) >= 11 is 5.74. The van der Waals surface area contributed by atoms with E-state index in [9.17, 15) is 18.3 Å². The first-order valence-corrected chi connectivity index (χ1v) is 16.7. The number of carbonyl (C=O) groups is 1. The Balaban J connectivity index is 1.28. The zero-order valence-electron chi connectivity index (χ0n) is 25.6. The van der Waals surface area contributed by atoms with Crippen LogP contribution in [0.3, 0.4) is 0 Å². The molecule has 0 aliphatic heterocycles. The van der Waals surface area contributed by atoms with Crippen LogP contribution in [-0.4, -0.2) is 43.2 Å². The largest absolute Gasteiger partial charge is 0.496 e. The van der Waals surface area contributed by atoms with E-state index in [-0.39, 0.29) is 22.4 Å². The first kappa shape index (κ1) is 32.5. The van der Waals surface area contributed by atoms with Gasteiger partial charge in [0, 0.05) is 43.0 Å². The highest BCUT2D eigenvalue weighted by molar-refractivity contribution is 7.90. The molecule has 4 aromatic rings. The number of hydrogen-bond donors (Lipinski definition) is 2. The maximum absolute atomic E-state index is 12.5. The molecule has 1 aliphatic rings. The normalized spacial score (nSPS) is 14.5. The molecule has 0 fully saturated rings. The predicted molar refractivity (Wildman–Crippen MR) is 172 cm³/mol. The SMILES string of the molecule is COc1cc([C@@H](O)[C@@H](CC2Cc3ccccc3C2)Cn2ccc(CCC(=O)NS(=O)(=O)c3ccc(Cl)nc3)c2)cc(OC)c1C. The van der Waals surface area contributed by atoms with Gasteiger partial charge in [0.2, 0.25) is 5.91 Å². The highest BCUT2D eigenvalue weighted by Crippen LogP contribution is 2.39. The molecule has 5 rings (SSSR count). The molecule has 2 aromatic heterocycles. The number of aromatic nitrogens is 2. The summed E-state index contributed by atoms with van der Waals surface area (Å²) in [6.07, 6.45) is 7.30. The van der Waals surface area contributed by atoms with Gasteiger partial charge in [-0.15, -0.1) is 0 Å². The Morgan fingerprint density at radius 3 is 2.36 bits per heavy atom. The number of fused-ring (bicyclic) bond motifs is 1. The van der Waals surface area contributed by atoms with Crippen LogP contribution in [0, 0.1) is 18.8 Å². The summed E-state index contributed by atoms with van der Waals surface area (Å²) in [5.74, 6) is 0.975. The van der Waals surface area contributed by atoms with Crippen molar-refractivity contribution in [2.45, 2.75) is 56.6 Å². The Bertz CT molecular complexity index is 1710. The molecular formula is C34H38ClN3O6S. The predicted octanol–water partition coefficient (Wildman–Crippen LogP) is 5.45. The average Bonchev–Trinajstić information content (AvgIpc) is 3.65. The molecule has 45 heavy (non-hydrogen) atoms. The van der Waals surface area contributed by atoms with Crippen LogP contribution >= 0.6 is 11.6 Å². The molecule has 2 heterocycles. The minimum absolute atomic E-state index is 0.0143. The Kier molecular flexibility index (Phi) is 10.2. The van der Waals surface area contributed by atoms with E-state index in [0.717, 1.165) is 42.1 Å². The summed E-state index contributed by atoms with van der Waals surface area (Å²) in [5, 5.41) is 12.0. The third kappa shape index (κ3) is 7.87. The topological polar surface area (TPSA) is 120 Å². The van der Waals surface area contributed by atoms with Crippen LogP contribution < -0.4 is 14.2 Å². The molecule has 2 atom stereocenters. The molecule has 1 aliphatic carbocycles. The van der Waals surface area contributed by atoms with Crippen molar-refractivity contribution in [2.75, 3.05) is 14.2 Å². The highest BCUT2D eigenvalue weighted by atomic mass is 35.5. The highest BCUT2D eigenvalue weighted by Gasteiger charge is 2.30. The number of carbonyl (C=O) groups excluding carboxylic acids is 1. The van der Waals surface area contributed by atoms with Gasteiger partial charge in [-0.1, -0.05) is 35.9 Å². The number of methoxy groups -OCH3 is 2. The summed E-state index contributed by atoms with van der Waals surface area (Å²) in [6, 6.07) is 16.8. The van der Waals surface area contributed by atoms with E-state index >= 15 is 0 Å². The smallest absolute Gasteiger partial charge is 0.265 e. The number of rotatable bonds is 13. The number of nitrogens with zero attached hydrogens (tertiary/aromatic N) is 2. The maximum atomic E-state index is 12.5. The second kappa shape index (κ2) is 14.1. The van der Waals surface area contributed by atoms with Crippen LogP contribution in [0.5, 0.6) is 11.5 Å². The molecule has 0 saturated carbocycles.